The number of carbonyl (C=O) groups is 1. The summed E-state index contributed by atoms with van der Waals surface area (Å²) in [7, 11) is 0. The van der Waals surface area contributed by atoms with Crippen molar-refractivity contribution < 1.29 is 9.90 Å². The lowest BCUT2D eigenvalue weighted by Crippen LogP contribution is -2.03. The van der Waals surface area contributed by atoms with Crippen molar-refractivity contribution in [2.45, 2.75) is 6.92 Å². The molecule has 2 aromatic heterocycles. The number of aromatic carboxylic acids is 1. The molecule has 2 rings (SSSR count). The molecule has 2 aromatic rings. The van der Waals surface area contributed by atoms with Gasteiger partial charge in [0.2, 0.25) is 0 Å². The van der Waals surface area contributed by atoms with E-state index in [1.165, 1.54) is 12.3 Å². The third-order valence-electron chi connectivity index (χ3n) is 2.10. The average molecular weight is 215 g/mol. The van der Waals surface area contributed by atoms with Crippen LogP contribution in [0.25, 0.3) is 11.5 Å². The van der Waals surface area contributed by atoms with E-state index in [1.807, 2.05) is 13.0 Å². The normalized spacial score (nSPS) is 10.1. The molecule has 0 aromatic carbocycles. The lowest BCUT2D eigenvalue weighted by molar-refractivity contribution is 0.0690. The first kappa shape index (κ1) is 10.2. The summed E-state index contributed by atoms with van der Waals surface area (Å²) in [4.78, 5) is 22.8. The summed E-state index contributed by atoms with van der Waals surface area (Å²) in [6.07, 6.45) is 3.04. The van der Waals surface area contributed by atoms with Crippen LogP contribution in [0, 0.1) is 6.92 Å². The monoisotopic (exact) mass is 215 g/mol. The van der Waals surface area contributed by atoms with E-state index in [4.69, 9.17) is 5.11 Å². The van der Waals surface area contributed by atoms with E-state index in [0.29, 0.717) is 11.5 Å². The number of pyridine rings is 1. The highest BCUT2D eigenvalue weighted by molar-refractivity contribution is 5.85. The Balaban J connectivity index is 2.53. The van der Waals surface area contributed by atoms with E-state index in [-0.39, 0.29) is 5.69 Å². The summed E-state index contributed by atoms with van der Waals surface area (Å²) < 4.78 is 0. The Kier molecular flexibility index (Phi) is 2.59. The van der Waals surface area contributed by atoms with Crippen molar-refractivity contribution in [3.05, 3.63) is 41.9 Å². The molecule has 0 aliphatic rings. The van der Waals surface area contributed by atoms with Crippen LogP contribution in [0.4, 0.5) is 0 Å². The lowest BCUT2D eigenvalue weighted by Gasteiger charge is -2.02. The molecular formula is C11H9N3O2. The molecule has 0 saturated carbocycles. The Bertz CT molecular complexity index is 540. The number of aromatic nitrogens is 3. The first-order valence-electron chi connectivity index (χ1n) is 4.67. The number of carboxylic acids is 1. The predicted octanol–water partition coefficient (Wildman–Crippen LogP) is 1.55. The number of nitrogens with zero attached hydrogens (tertiary/aromatic N) is 3. The molecule has 5 nitrogen and oxygen atoms in total. The van der Waals surface area contributed by atoms with Crippen LogP contribution >= 0.6 is 0 Å². The van der Waals surface area contributed by atoms with Crippen molar-refractivity contribution in [1.82, 2.24) is 15.0 Å². The largest absolute Gasteiger partial charge is 0.477 e. The zero-order valence-corrected chi connectivity index (χ0v) is 8.58. The lowest BCUT2D eigenvalue weighted by atomic mass is 10.2. The van der Waals surface area contributed by atoms with Gasteiger partial charge in [0.1, 0.15) is 5.69 Å². The molecule has 0 bridgehead atoms. The van der Waals surface area contributed by atoms with Gasteiger partial charge in [-0.3, -0.25) is 4.98 Å². The number of carboxylic acid groups (broad SMARTS) is 1. The summed E-state index contributed by atoms with van der Waals surface area (Å²) >= 11 is 0. The van der Waals surface area contributed by atoms with E-state index >= 15 is 0 Å². The highest BCUT2D eigenvalue weighted by atomic mass is 16.4. The molecule has 1 N–H and O–H groups in total. The highest BCUT2D eigenvalue weighted by Gasteiger charge is 2.10. The van der Waals surface area contributed by atoms with E-state index in [0.717, 1.165) is 5.56 Å². The fourth-order valence-corrected chi connectivity index (χ4v) is 1.31. The van der Waals surface area contributed by atoms with Crippen LogP contribution in [0.2, 0.25) is 0 Å². The van der Waals surface area contributed by atoms with Crippen LogP contribution < -0.4 is 0 Å². The zero-order chi connectivity index (χ0) is 11.5. The molecule has 0 spiro atoms. The molecular weight excluding hydrogens is 206 g/mol. The maximum atomic E-state index is 10.8. The van der Waals surface area contributed by atoms with Crippen molar-refractivity contribution in [2.75, 3.05) is 0 Å². The van der Waals surface area contributed by atoms with Gasteiger partial charge in [-0.05, 0) is 24.6 Å². The van der Waals surface area contributed by atoms with Crippen molar-refractivity contribution in [3.63, 3.8) is 0 Å². The SMILES string of the molecule is Cc1cccnc1-c1nccc(C(=O)O)n1. The van der Waals surface area contributed by atoms with Crippen molar-refractivity contribution in [3.8, 4) is 11.5 Å². The van der Waals surface area contributed by atoms with Gasteiger partial charge in [0, 0.05) is 12.4 Å². The quantitative estimate of drug-likeness (QED) is 0.822. The van der Waals surface area contributed by atoms with Crippen LogP contribution in [0.1, 0.15) is 16.1 Å². The third-order valence-corrected chi connectivity index (χ3v) is 2.10. The minimum Gasteiger partial charge on any atom is -0.477 e. The maximum Gasteiger partial charge on any atom is 0.354 e. The second-order valence-electron chi connectivity index (χ2n) is 3.24. The number of aryl methyl sites for hydroxylation is 1. The molecule has 0 amide bonds. The van der Waals surface area contributed by atoms with Gasteiger partial charge >= 0.3 is 5.97 Å². The van der Waals surface area contributed by atoms with Crippen LogP contribution in [-0.4, -0.2) is 26.0 Å². The first-order valence-corrected chi connectivity index (χ1v) is 4.67. The van der Waals surface area contributed by atoms with Gasteiger partial charge in [-0.15, -0.1) is 0 Å². The first-order chi connectivity index (χ1) is 7.68. The Labute approximate surface area is 91.8 Å². The summed E-state index contributed by atoms with van der Waals surface area (Å²) in [5, 5.41) is 8.81. The maximum absolute atomic E-state index is 10.8. The van der Waals surface area contributed by atoms with Gasteiger partial charge in [-0.25, -0.2) is 14.8 Å². The second-order valence-corrected chi connectivity index (χ2v) is 3.24. The standard InChI is InChI=1S/C11H9N3O2/c1-7-3-2-5-12-9(7)10-13-6-4-8(14-10)11(15)16/h2-6H,1H3,(H,15,16). The Morgan fingerprint density at radius 1 is 1.25 bits per heavy atom. The number of rotatable bonds is 2. The fraction of sp³-hybridized carbons (Fsp3) is 0.0909. The summed E-state index contributed by atoms with van der Waals surface area (Å²) in [5.41, 5.74) is 1.48. The van der Waals surface area contributed by atoms with Crippen molar-refractivity contribution >= 4 is 5.97 Å². The van der Waals surface area contributed by atoms with Gasteiger partial charge < -0.3 is 5.11 Å². The molecule has 5 heteroatoms. The molecule has 0 atom stereocenters. The summed E-state index contributed by atoms with van der Waals surface area (Å²) in [5.74, 6) is -0.741. The van der Waals surface area contributed by atoms with E-state index in [2.05, 4.69) is 15.0 Å². The Morgan fingerprint density at radius 3 is 2.75 bits per heavy atom. The highest BCUT2D eigenvalue weighted by Crippen LogP contribution is 2.15. The van der Waals surface area contributed by atoms with Crippen LogP contribution in [0.15, 0.2) is 30.6 Å². The number of hydrogen-bond donors (Lipinski definition) is 1. The van der Waals surface area contributed by atoms with E-state index < -0.39 is 5.97 Å². The average Bonchev–Trinajstić information content (AvgIpc) is 2.30. The molecule has 80 valence electrons. The molecule has 0 aliphatic heterocycles. The van der Waals surface area contributed by atoms with Crippen LogP contribution in [0.5, 0.6) is 0 Å². The Hall–Kier alpha value is -2.30. The van der Waals surface area contributed by atoms with Crippen LogP contribution in [-0.2, 0) is 0 Å². The minimum absolute atomic E-state index is 0.0324. The fourth-order valence-electron chi connectivity index (χ4n) is 1.31. The molecule has 0 unspecified atom stereocenters. The summed E-state index contributed by atoms with van der Waals surface area (Å²) in [6.45, 7) is 1.87. The van der Waals surface area contributed by atoms with Crippen LogP contribution in [0.3, 0.4) is 0 Å². The number of hydrogen-bond acceptors (Lipinski definition) is 4. The molecule has 16 heavy (non-hydrogen) atoms. The predicted molar refractivity (Wildman–Crippen MR) is 57.0 cm³/mol. The molecule has 2 heterocycles. The van der Waals surface area contributed by atoms with E-state index in [1.54, 1.807) is 12.3 Å². The Morgan fingerprint density at radius 2 is 2.06 bits per heavy atom. The van der Waals surface area contributed by atoms with Gasteiger partial charge in [-0.1, -0.05) is 6.07 Å². The van der Waals surface area contributed by atoms with Gasteiger partial charge in [-0.2, -0.15) is 0 Å². The summed E-state index contributed by atoms with van der Waals surface area (Å²) in [6, 6.07) is 5.03. The van der Waals surface area contributed by atoms with Gasteiger partial charge in [0.25, 0.3) is 0 Å². The second kappa shape index (κ2) is 4.06. The van der Waals surface area contributed by atoms with Crippen molar-refractivity contribution in [1.29, 1.82) is 0 Å². The smallest absolute Gasteiger partial charge is 0.354 e. The van der Waals surface area contributed by atoms with Crippen molar-refractivity contribution in [2.24, 2.45) is 0 Å². The molecule has 0 saturated heterocycles. The molecule has 0 fully saturated rings. The van der Waals surface area contributed by atoms with E-state index in [9.17, 15) is 4.79 Å². The minimum atomic E-state index is -1.07. The van der Waals surface area contributed by atoms with Gasteiger partial charge in [0.15, 0.2) is 11.5 Å². The molecule has 0 radical (unpaired) electrons. The molecule has 0 aliphatic carbocycles. The van der Waals surface area contributed by atoms with Gasteiger partial charge in [0.05, 0.1) is 0 Å². The zero-order valence-electron chi connectivity index (χ0n) is 8.58. The topological polar surface area (TPSA) is 76.0 Å². The third kappa shape index (κ3) is 1.88.